The van der Waals surface area contributed by atoms with Gasteiger partial charge in [0.2, 0.25) is 0 Å². The van der Waals surface area contributed by atoms with Gasteiger partial charge in [-0.15, -0.1) is 0 Å². The molecule has 2 unspecified atom stereocenters. The summed E-state index contributed by atoms with van der Waals surface area (Å²) in [5, 5.41) is 8.69. The molecule has 2 rings (SSSR count). The molecular weight excluding hydrogens is 174 g/mol. The Kier molecular flexibility index (Phi) is 1.84. The predicted octanol–water partition coefficient (Wildman–Crippen LogP) is 2.03. The highest BCUT2D eigenvalue weighted by molar-refractivity contribution is 5.32. The summed E-state index contributed by atoms with van der Waals surface area (Å²) in [6.07, 6.45) is 0. The van der Waals surface area contributed by atoms with Crippen LogP contribution < -0.4 is 0 Å². The third-order valence-corrected chi connectivity index (χ3v) is 2.56. The molecule has 1 saturated carbocycles. The molecule has 0 radical (unpaired) electrons. The summed E-state index contributed by atoms with van der Waals surface area (Å²) in [5.74, 6) is -4.37. The topological polar surface area (TPSA) is 20.2 Å². The molecule has 0 spiro atoms. The molecule has 0 saturated heterocycles. The van der Waals surface area contributed by atoms with Gasteiger partial charge in [0.15, 0.2) is 0 Å². The average molecular weight is 184 g/mol. The van der Waals surface area contributed by atoms with E-state index in [4.69, 9.17) is 5.11 Å². The van der Waals surface area contributed by atoms with Crippen molar-refractivity contribution in [3.63, 3.8) is 0 Å². The van der Waals surface area contributed by atoms with Crippen molar-refractivity contribution >= 4 is 0 Å². The van der Waals surface area contributed by atoms with E-state index < -0.39 is 24.4 Å². The summed E-state index contributed by atoms with van der Waals surface area (Å²) in [6, 6.07) is 8.61. The fourth-order valence-electron chi connectivity index (χ4n) is 1.73. The molecule has 0 amide bonds. The molecule has 3 heteroatoms. The van der Waals surface area contributed by atoms with Crippen LogP contribution in [-0.4, -0.2) is 17.6 Å². The van der Waals surface area contributed by atoms with E-state index in [-0.39, 0.29) is 0 Å². The van der Waals surface area contributed by atoms with Gasteiger partial charge in [0.1, 0.15) is 0 Å². The van der Waals surface area contributed by atoms with Crippen molar-refractivity contribution in [3.8, 4) is 0 Å². The lowest BCUT2D eigenvalue weighted by molar-refractivity contribution is 0.0785. The van der Waals surface area contributed by atoms with E-state index in [0.29, 0.717) is 5.56 Å². The minimum atomic E-state index is -2.71. The van der Waals surface area contributed by atoms with Crippen molar-refractivity contribution in [2.75, 3.05) is 6.61 Å². The first-order chi connectivity index (χ1) is 6.18. The second kappa shape index (κ2) is 2.77. The molecule has 70 valence electrons. The van der Waals surface area contributed by atoms with Gasteiger partial charge in [0.05, 0.1) is 18.4 Å². The summed E-state index contributed by atoms with van der Waals surface area (Å²) >= 11 is 0. The molecule has 0 aromatic heterocycles. The summed E-state index contributed by atoms with van der Waals surface area (Å²) in [6.45, 7) is -0.438. The average Bonchev–Trinajstić information content (AvgIpc) is 2.69. The van der Waals surface area contributed by atoms with E-state index in [1.54, 1.807) is 30.3 Å². The Morgan fingerprint density at radius 3 is 2.31 bits per heavy atom. The lowest BCUT2D eigenvalue weighted by atomic mass is 10.1. The molecular formula is C10H10F2O. The molecule has 13 heavy (non-hydrogen) atoms. The van der Waals surface area contributed by atoms with Crippen molar-refractivity contribution in [2.45, 2.75) is 11.8 Å². The van der Waals surface area contributed by atoms with Crippen molar-refractivity contribution < 1.29 is 13.9 Å². The monoisotopic (exact) mass is 184 g/mol. The first-order valence-corrected chi connectivity index (χ1v) is 4.21. The number of benzene rings is 1. The zero-order valence-electron chi connectivity index (χ0n) is 6.95. The Bertz CT molecular complexity index is 297. The van der Waals surface area contributed by atoms with Crippen LogP contribution in [0.25, 0.3) is 0 Å². The lowest BCUT2D eigenvalue weighted by Crippen LogP contribution is -1.97. The Hall–Kier alpha value is -0.960. The van der Waals surface area contributed by atoms with Gasteiger partial charge >= 0.3 is 0 Å². The third-order valence-electron chi connectivity index (χ3n) is 2.56. The first kappa shape index (κ1) is 8.63. The van der Waals surface area contributed by atoms with E-state index in [0.717, 1.165) is 0 Å². The summed E-state index contributed by atoms with van der Waals surface area (Å²) in [5.41, 5.74) is 0.617. The first-order valence-electron chi connectivity index (χ1n) is 4.21. The van der Waals surface area contributed by atoms with E-state index in [1.807, 2.05) is 0 Å². The maximum Gasteiger partial charge on any atom is 0.261 e. The molecule has 1 aromatic carbocycles. The van der Waals surface area contributed by atoms with Crippen LogP contribution in [0.15, 0.2) is 30.3 Å². The van der Waals surface area contributed by atoms with Crippen LogP contribution in [0.5, 0.6) is 0 Å². The molecule has 1 fully saturated rings. The smallest absolute Gasteiger partial charge is 0.261 e. The molecule has 2 atom stereocenters. The van der Waals surface area contributed by atoms with Crippen molar-refractivity contribution in [1.29, 1.82) is 0 Å². The van der Waals surface area contributed by atoms with Crippen LogP contribution in [0.2, 0.25) is 0 Å². The fraction of sp³-hybridized carbons (Fsp3) is 0.400. The Morgan fingerprint density at radius 2 is 1.85 bits per heavy atom. The number of alkyl halides is 2. The number of aliphatic hydroxyl groups excluding tert-OH is 1. The maximum absolute atomic E-state index is 13.0. The number of halogens is 2. The van der Waals surface area contributed by atoms with Crippen molar-refractivity contribution in [3.05, 3.63) is 35.9 Å². The molecule has 0 heterocycles. The normalized spacial score (nSPS) is 30.1. The Labute approximate surface area is 75.0 Å². The Balaban J connectivity index is 2.22. The van der Waals surface area contributed by atoms with Crippen molar-refractivity contribution in [1.82, 2.24) is 0 Å². The van der Waals surface area contributed by atoms with Gasteiger partial charge in [-0.25, -0.2) is 8.78 Å². The second-order valence-corrected chi connectivity index (χ2v) is 3.35. The maximum atomic E-state index is 13.0. The van der Waals surface area contributed by atoms with E-state index >= 15 is 0 Å². The van der Waals surface area contributed by atoms with Gasteiger partial charge in [-0.3, -0.25) is 0 Å². The van der Waals surface area contributed by atoms with E-state index in [9.17, 15) is 8.78 Å². The lowest BCUT2D eigenvalue weighted by Gasteiger charge is -1.96. The summed E-state index contributed by atoms with van der Waals surface area (Å²) < 4.78 is 26.0. The molecule has 1 aliphatic rings. The van der Waals surface area contributed by atoms with Gasteiger partial charge in [-0.05, 0) is 5.56 Å². The van der Waals surface area contributed by atoms with E-state index in [1.165, 1.54) is 0 Å². The van der Waals surface area contributed by atoms with E-state index in [2.05, 4.69) is 0 Å². The zero-order chi connectivity index (χ0) is 9.47. The van der Waals surface area contributed by atoms with Crippen LogP contribution in [0.4, 0.5) is 8.78 Å². The third kappa shape index (κ3) is 1.23. The SMILES string of the molecule is OCC1C(c2ccccc2)C1(F)F. The van der Waals surface area contributed by atoms with Gasteiger partial charge in [-0.2, -0.15) is 0 Å². The fourth-order valence-corrected chi connectivity index (χ4v) is 1.73. The quantitative estimate of drug-likeness (QED) is 0.745. The predicted molar refractivity (Wildman–Crippen MR) is 44.7 cm³/mol. The largest absolute Gasteiger partial charge is 0.396 e. The molecule has 0 bridgehead atoms. The van der Waals surface area contributed by atoms with Crippen LogP contribution in [0.3, 0.4) is 0 Å². The van der Waals surface area contributed by atoms with Crippen LogP contribution >= 0.6 is 0 Å². The standard InChI is InChI=1S/C10H10F2O/c11-10(12)8(6-13)9(10)7-4-2-1-3-5-7/h1-5,8-9,13H,6H2. The van der Waals surface area contributed by atoms with Gasteiger partial charge in [0.25, 0.3) is 5.92 Å². The number of hydrogen-bond acceptors (Lipinski definition) is 1. The number of rotatable bonds is 2. The molecule has 1 aromatic rings. The second-order valence-electron chi connectivity index (χ2n) is 3.35. The van der Waals surface area contributed by atoms with Crippen molar-refractivity contribution in [2.24, 2.45) is 5.92 Å². The molecule has 1 N–H and O–H groups in total. The highest BCUT2D eigenvalue weighted by Crippen LogP contribution is 2.61. The number of hydrogen-bond donors (Lipinski definition) is 1. The van der Waals surface area contributed by atoms with Gasteiger partial charge in [-0.1, -0.05) is 30.3 Å². The zero-order valence-corrected chi connectivity index (χ0v) is 6.95. The number of aliphatic hydroxyl groups is 1. The van der Waals surface area contributed by atoms with Crippen LogP contribution in [0, 0.1) is 5.92 Å². The molecule has 1 nitrogen and oxygen atoms in total. The van der Waals surface area contributed by atoms with Gasteiger partial charge in [0, 0.05) is 0 Å². The van der Waals surface area contributed by atoms with Crippen LogP contribution in [-0.2, 0) is 0 Å². The highest BCUT2D eigenvalue weighted by Gasteiger charge is 2.68. The minimum absolute atomic E-state index is 0.438. The summed E-state index contributed by atoms with van der Waals surface area (Å²) in [4.78, 5) is 0. The Morgan fingerprint density at radius 1 is 1.23 bits per heavy atom. The highest BCUT2D eigenvalue weighted by atomic mass is 19.3. The molecule has 1 aliphatic carbocycles. The molecule has 0 aliphatic heterocycles. The minimum Gasteiger partial charge on any atom is -0.396 e. The van der Waals surface area contributed by atoms with Crippen LogP contribution in [0.1, 0.15) is 11.5 Å². The van der Waals surface area contributed by atoms with Gasteiger partial charge < -0.3 is 5.11 Å². The summed E-state index contributed by atoms with van der Waals surface area (Å²) in [7, 11) is 0.